The first-order chi connectivity index (χ1) is 16.9. The number of para-hydroxylation sites is 1. The fourth-order valence-electron chi connectivity index (χ4n) is 5.71. The van der Waals surface area contributed by atoms with E-state index in [0.29, 0.717) is 12.3 Å². The Morgan fingerprint density at radius 2 is 1.86 bits per heavy atom. The second-order valence-electron chi connectivity index (χ2n) is 12.3. The summed E-state index contributed by atoms with van der Waals surface area (Å²) in [5, 5.41) is 2.94. The van der Waals surface area contributed by atoms with Gasteiger partial charge in [0.2, 0.25) is 11.8 Å². The number of nitrogens with one attached hydrogen (secondary N) is 1. The normalized spacial score (nSPS) is 24.9. The lowest BCUT2D eigenvalue weighted by molar-refractivity contribution is -0.148. The number of nitrogens with zero attached hydrogens (tertiary/aromatic N) is 4. The molecular weight excluding hydrogens is 454 g/mol. The number of carbonyl (C=O) groups excluding carboxylic acids is 3. The number of likely N-dealkylation sites (N-methyl/N-ethyl adjacent to an activating group) is 2. The van der Waals surface area contributed by atoms with Gasteiger partial charge in [0.1, 0.15) is 11.5 Å². The van der Waals surface area contributed by atoms with E-state index >= 15 is 0 Å². The highest BCUT2D eigenvalue weighted by atomic mass is 16.2. The van der Waals surface area contributed by atoms with Crippen LogP contribution in [0.4, 0.5) is 5.69 Å². The number of carbonyl (C=O) groups is 3. The quantitative estimate of drug-likeness (QED) is 0.591. The first-order valence-corrected chi connectivity index (χ1v) is 12.9. The Kier molecular flexibility index (Phi) is 6.91. The van der Waals surface area contributed by atoms with Crippen LogP contribution in [0.5, 0.6) is 0 Å². The third-order valence-electron chi connectivity index (χ3n) is 7.96. The Hall–Kier alpha value is -2.92. The van der Waals surface area contributed by atoms with Crippen LogP contribution < -0.4 is 5.32 Å². The van der Waals surface area contributed by atoms with Crippen LogP contribution in [0.2, 0.25) is 0 Å². The average Bonchev–Trinajstić information content (AvgIpc) is 3.49. The topological polar surface area (TPSA) is 77.3 Å². The first kappa shape index (κ1) is 26.2. The van der Waals surface area contributed by atoms with E-state index in [4.69, 9.17) is 6.57 Å². The van der Waals surface area contributed by atoms with Crippen molar-refractivity contribution in [1.29, 1.82) is 0 Å². The molecular formula is C28H39N5O3. The van der Waals surface area contributed by atoms with Crippen molar-refractivity contribution in [2.75, 3.05) is 33.0 Å². The van der Waals surface area contributed by atoms with Gasteiger partial charge in [-0.25, -0.2) is 6.57 Å². The average molecular weight is 494 g/mol. The molecule has 1 saturated carbocycles. The number of likely N-dealkylation sites (tertiary alicyclic amines) is 1. The van der Waals surface area contributed by atoms with Crippen LogP contribution in [0, 0.1) is 17.9 Å². The van der Waals surface area contributed by atoms with Crippen molar-refractivity contribution in [2.24, 2.45) is 11.3 Å². The fourth-order valence-corrected chi connectivity index (χ4v) is 5.71. The fraction of sp³-hybridized carbons (Fsp3) is 0.643. The van der Waals surface area contributed by atoms with Gasteiger partial charge in [-0.2, -0.15) is 0 Å². The number of amides is 3. The van der Waals surface area contributed by atoms with Gasteiger partial charge in [0, 0.05) is 19.3 Å². The van der Waals surface area contributed by atoms with Gasteiger partial charge in [0.05, 0.1) is 12.5 Å². The molecule has 2 aliphatic heterocycles. The predicted molar refractivity (Wildman–Crippen MR) is 139 cm³/mol. The molecule has 2 heterocycles. The largest absolute Gasteiger partial charge is 0.332 e. The minimum atomic E-state index is -0.936. The van der Waals surface area contributed by atoms with Crippen molar-refractivity contribution in [2.45, 2.75) is 76.5 Å². The summed E-state index contributed by atoms with van der Waals surface area (Å²) in [6.45, 7) is 14.2. The molecule has 194 valence electrons. The van der Waals surface area contributed by atoms with Gasteiger partial charge in [-0.3, -0.25) is 29.0 Å². The maximum Gasteiger partial charge on any atom is 0.302 e. The highest BCUT2D eigenvalue weighted by Crippen LogP contribution is 2.47. The van der Waals surface area contributed by atoms with E-state index in [1.165, 1.54) is 0 Å². The zero-order valence-corrected chi connectivity index (χ0v) is 22.4. The molecule has 0 aromatic heterocycles. The van der Waals surface area contributed by atoms with Gasteiger partial charge in [-0.15, -0.1) is 0 Å². The summed E-state index contributed by atoms with van der Waals surface area (Å²) >= 11 is 0. The minimum absolute atomic E-state index is 0.0632. The Morgan fingerprint density at radius 1 is 1.19 bits per heavy atom. The zero-order chi connectivity index (χ0) is 26.4. The van der Waals surface area contributed by atoms with Crippen molar-refractivity contribution in [1.82, 2.24) is 14.7 Å². The van der Waals surface area contributed by atoms with E-state index in [9.17, 15) is 14.4 Å². The molecule has 36 heavy (non-hydrogen) atoms. The lowest BCUT2D eigenvalue weighted by atomic mass is 9.80. The molecule has 4 atom stereocenters. The van der Waals surface area contributed by atoms with E-state index in [0.717, 1.165) is 30.5 Å². The van der Waals surface area contributed by atoms with E-state index in [-0.39, 0.29) is 42.1 Å². The number of benzene rings is 1. The maximum absolute atomic E-state index is 14.2. The van der Waals surface area contributed by atoms with Gasteiger partial charge in [-0.05, 0) is 49.9 Å². The lowest BCUT2D eigenvalue weighted by Gasteiger charge is -2.37. The van der Waals surface area contributed by atoms with Gasteiger partial charge < -0.3 is 10.2 Å². The molecule has 4 rings (SSSR count). The molecule has 0 radical (unpaired) electrons. The summed E-state index contributed by atoms with van der Waals surface area (Å²) in [4.78, 5) is 49.9. The molecule has 8 heteroatoms. The Morgan fingerprint density at radius 3 is 2.44 bits per heavy atom. The second kappa shape index (κ2) is 9.51. The highest BCUT2D eigenvalue weighted by molar-refractivity contribution is 6.07. The molecule has 1 spiro atoms. The number of rotatable bonds is 7. The predicted octanol–water partition coefficient (Wildman–Crippen LogP) is 3.35. The SMILES string of the molecule is [C-]#[N+][C@@H]1C[C@@]2(CN1C(=O)[C@H](CC(C)(C)C)N(C)C(=O)[C@H](CC1CC1)N(C)C)C(=O)Nc1ccccc12. The molecule has 0 bridgehead atoms. The van der Waals surface area contributed by atoms with Gasteiger partial charge >= 0.3 is 6.17 Å². The van der Waals surface area contributed by atoms with Crippen molar-refractivity contribution >= 4 is 23.4 Å². The zero-order valence-electron chi connectivity index (χ0n) is 22.4. The van der Waals surface area contributed by atoms with E-state index in [1.807, 2.05) is 43.3 Å². The second-order valence-corrected chi connectivity index (χ2v) is 12.3. The third-order valence-corrected chi connectivity index (χ3v) is 7.96. The molecule has 2 fully saturated rings. The molecule has 1 aliphatic carbocycles. The van der Waals surface area contributed by atoms with Gasteiger partial charge in [-0.1, -0.05) is 51.8 Å². The van der Waals surface area contributed by atoms with Crippen molar-refractivity contribution in [3.05, 3.63) is 41.2 Å². The van der Waals surface area contributed by atoms with Crippen LogP contribution in [-0.4, -0.2) is 78.4 Å². The van der Waals surface area contributed by atoms with Crippen LogP contribution in [-0.2, 0) is 19.8 Å². The van der Waals surface area contributed by atoms with Crippen LogP contribution >= 0.6 is 0 Å². The summed E-state index contributed by atoms with van der Waals surface area (Å²) in [5.41, 5.74) is 0.427. The summed E-state index contributed by atoms with van der Waals surface area (Å²) in [7, 11) is 5.54. The molecule has 3 amide bonds. The van der Waals surface area contributed by atoms with Crippen LogP contribution in [0.25, 0.3) is 4.85 Å². The Balaban J connectivity index is 1.64. The molecule has 0 unspecified atom stereocenters. The summed E-state index contributed by atoms with van der Waals surface area (Å²) < 4.78 is 0. The standard InChI is InChI=1S/C28H39N5O3/c1-27(2,3)15-22(32(7)24(34)21(31(5)6)14-18-12-13-18)25(35)33-17-28(16-23(33)29-4)19-10-8-9-11-20(19)30-26(28)36/h8-11,18,21-23H,12-17H2,1-3,5-7H3,(H,30,36)/t21-,22-,23-,28-/m0/s1. The summed E-state index contributed by atoms with van der Waals surface area (Å²) in [6.07, 6.45) is 3.06. The Labute approximate surface area is 214 Å². The maximum atomic E-state index is 14.2. The first-order valence-electron chi connectivity index (χ1n) is 12.9. The van der Waals surface area contributed by atoms with Crippen molar-refractivity contribution < 1.29 is 14.4 Å². The smallest absolute Gasteiger partial charge is 0.302 e. The summed E-state index contributed by atoms with van der Waals surface area (Å²) in [6, 6.07) is 6.52. The number of fused-ring (bicyclic) bond motifs is 2. The molecule has 8 nitrogen and oxygen atoms in total. The van der Waals surface area contributed by atoms with Crippen LogP contribution in [0.3, 0.4) is 0 Å². The molecule has 1 N–H and O–H groups in total. The van der Waals surface area contributed by atoms with E-state index < -0.39 is 17.6 Å². The van der Waals surface area contributed by atoms with Crippen molar-refractivity contribution in [3.8, 4) is 0 Å². The van der Waals surface area contributed by atoms with Crippen LogP contribution in [0.15, 0.2) is 24.3 Å². The molecule has 1 aromatic carbocycles. The Bertz CT molecular complexity index is 1080. The molecule has 1 saturated heterocycles. The number of hydrogen-bond donors (Lipinski definition) is 1. The lowest BCUT2D eigenvalue weighted by Crippen LogP contribution is -2.56. The number of hydrogen-bond acceptors (Lipinski definition) is 4. The molecule has 1 aromatic rings. The molecule has 3 aliphatic rings. The highest BCUT2D eigenvalue weighted by Gasteiger charge is 2.59. The third kappa shape index (κ3) is 4.86. The minimum Gasteiger partial charge on any atom is -0.332 e. The van der Waals surface area contributed by atoms with Gasteiger partial charge in [0.15, 0.2) is 0 Å². The van der Waals surface area contributed by atoms with Gasteiger partial charge in [0.25, 0.3) is 5.91 Å². The van der Waals surface area contributed by atoms with Crippen LogP contribution in [0.1, 0.15) is 58.4 Å². The van der Waals surface area contributed by atoms with E-state index in [1.54, 1.807) is 16.8 Å². The summed E-state index contributed by atoms with van der Waals surface area (Å²) in [5.74, 6) is 0.0884. The van der Waals surface area contributed by atoms with E-state index in [2.05, 4.69) is 30.9 Å². The van der Waals surface area contributed by atoms with Crippen molar-refractivity contribution in [3.63, 3.8) is 0 Å². The monoisotopic (exact) mass is 493 g/mol. The number of anilines is 1.